The summed E-state index contributed by atoms with van der Waals surface area (Å²) in [6.45, 7) is 13.6. The van der Waals surface area contributed by atoms with E-state index in [4.69, 9.17) is 0 Å². The predicted molar refractivity (Wildman–Crippen MR) is 72.6 cm³/mol. The van der Waals surface area contributed by atoms with Gasteiger partial charge in [-0.3, -0.25) is 4.79 Å². The number of amides is 1. The second-order valence-electron chi connectivity index (χ2n) is 4.76. The van der Waals surface area contributed by atoms with Gasteiger partial charge in [0.25, 0.3) is 0 Å². The summed E-state index contributed by atoms with van der Waals surface area (Å²) in [5.74, 6) is 0.205. The Morgan fingerprint density at radius 3 is 2.06 bits per heavy atom. The van der Waals surface area contributed by atoms with Crippen molar-refractivity contribution >= 4 is 5.91 Å². The number of carbonyl (C=O) groups is 1. The summed E-state index contributed by atoms with van der Waals surface area (Å²) >= 11 is 0. The van der Waals surface area contributed by atoms with Gasteiger partial charge in [-0.15, -0.1) is 0 Å². The average molecular weight is 229 g/mol. The molecule has 2 heteroatoms. The van der Waals surface area contributed by atoms with Crippen molar-refractivity contribution in [1.29, 1.82) is 0 Å². The maximum atomic E-state index is 11.3. The van der Waals surface area contributed by atoms with Crippen molar-refractivity contribution in [1.82, 2.24) is 5.32 Å². The van der Waals surface area contributed by atoms with Gasteiger partial charge in [0.2, 0.25) is 5.91 Å². The zero-order valence-corrected chi connectivity index (χ0v) is 12.2. The van der Waals surface area contributed by atoms with E-state index in [2.05, 4.69) is 33.0 Å². The largest absolute Gasteiger partial charge is 0.356 e. The molecule has 0 aliphatic rings. The molecule has 0 saturated carbocycles. The zero-order valence-electron chi connectivity index (χ0n) is 12.2. The van der Waals surface area contributed by atoms with E-state index in [0.717, 1.165) is 19.4 Å². The van der Waals surface area contributed by atoms with E-state index in [-0.39, 0.29) is 5.91 Å². The smallest absolute Gasteiger partial charge is 0.220 e. The van der Waals surface area contributed by atoms with Crippen molar-refractivity contribution in [2.45, 2.75) is 73.6 Å². The zero-order chi connectivity index (χ0) is 13.0. The van der Waals surface area contributed by atoms with Crippen LogP contribution >= 0.6 is 0 Å². The number of hydrogen-bond donors (Lipinski definition) is 1. The molecule has 0 bridgehead atoms. The van der Waals surface area contributed by atoms with Crippen LogP contribution in [0.15, 0.2) is 0 Å². The second-order valence-corrected chi connectivity index (χ2v) is 4.76. The molecule has 0 aliphatic carbocycles. The van der Waals surface area contributed by atoms with Gasteiger partial charge in [-0.2, -0.15) is 0 Å². The van der Waals surface area contributed by atoms with Gasteiger partial charge in [0.05, 0.1) is 0 Å². The lowest BCUT2D eigenvalue weighted by Crippen LogP contribution is -2.25. The third-order valence-corrected chi connectivity index (χ3v) is 2.53. The summed E-state index contributed by atoms with van der Waals surface area (Å²) in [5, 5.41) is 2.91. The summed E-state index contributed by atoms with van der Waals surface area (Å²) in [4.78, 5) is 11.3. The number of rotatable bonds is 7. The van der Waals surface area contributed by atoms with Gasteiger partial charge in [-0.25, -0.2) is 0 Å². The molecule has 1 N–H and O–H groups in total. The summed E-state index contributed by atoms with van der Waals surface area (Å²) in [6.07, 6.45) is 5.09. The van der Waals surface area contributed by atoms with Gasteiger partial charge in [0.1, 0.15) is 0 Å². The molecule has 0 rings (SSSR count). The minimum atomic E-state index is 0.205. The third kappa shape index (κ3) is 11.5. The van der Waals surface area contributed by atoms with Crippen LogP contribution in [0.1, 0.15) is 73.6 Å². The van der Waals surface area contributed by atoms with Gasteiger partial charge in [0, 0.05) is 13.0 Å². The Bertz CT molecular complexity index is 164. The van der Waals surface area contributed by atoms with Crippen LogP contribution in [-0.2, 0) is 4.79 Å². The Labute approximate surface area is 102 Å². The van der Waals surface area contributed by atoms with Crippen LogP contribution in [0, 0.1) is 5.41 Å². The van der Waals surface area contributed by atoms with E-state index in [9.17, 15) is 4.79 Å². The normalized spacial score (nSPS) is 10.4. The maximum absolute atomic E-state index is 11.3. The summed E-state index contributed by atoms with van der Waals surface area (Å²) < 4.78 is 0. The van der Waals surface area contributed by atoms with Gasteiger partial charge in [-0.1, -0.05) is 48.0 Å². The molecule has 0 atom stereocenters. The van der Waals surface area contributed by atoms with Crippen molar-refractivity contribution in [2.24, 2.45) is 5.41 Å². The van der Waals surface area contributed by atoms with E-state index in [1.807, 2.05) is 13.8 Å². The molecule has 0 aliphatic heterocycles. The summed E-state index contributed by atoms with van der Waals surface area (Å²) in [5.41, 5.74) is 0.318. The topological polar surface area (TPSA) is 29.1 Å². The molecular formula is C14H31NO. The molecule has 0 aromatic carbocycles. The standard InChI is InChI=1S/C12H25NO.C2H6/c1-5-8-12(3,4)9-7-11(14)13-10-6-2;1-2/h5-10H2,1-4H3,(H,13,14);1-2H3. The fourth-order valence-electron chi connectivity index (χ4n) is 1.61. The molecule has 0 aromatic rings. The SMILES string of the molecule is CC.CCCNC(=O)CCC(C)(C)CCC. The lowest BCUT2D eigenvalue weighted by molar-refractivity contribution is -0.121. The van der Waals surface area contributed by atoms with Gasteiger partial charge >= 0.3 is 0 Å². The van der Waals surface area contributed by atoms with Crippen molar-refractivity contribution in [3.8, 4) is 0 Å². The first-order chi connectivity index (χ1) is 7.52. The van der Waals surface area contributed by atoms with Crippen LogP contribution in [0.2, 0.25) is 0 Å². The highest BCUT2D eigenvalue weighted by Crippen LogP contribution is 2.27. The highest BCUT2D eigenvalue weighted by molar-refractivity contribution is 5.75. The lowest BCUT2D eigenvalue weighted by Gasteiger charge is -2.23. The van der Waals surface area contributed by atoms with Crippen LogP contribution in [-0.4, -0.2) is 12.5 Å². The summed E-state index contributed by atoms with van der Waals surface area (Å²) in [6, 6.07) is 0. The van der Waals surface area contributed by atoms with Crippen molar-refractivity contribution in [2.75, 3.05) is 6.54 Å². The van der Waals surface area contributed by atoms with Crippen molar-refractivity contribution in [3.63, 3.8) is 0 Å². The molecular weight excluding hydrogens is 198 g/mol. The Kier molecular flexibility index (Phi) is 12.2. The van der Waals surface area contributed by atoms with Crippen LogP contribution in [0.3, 0.4) is 0 Å². The Hall–Kier alpha value is -0.530. The third-order valence-electron chi connectivity index (χ3n) is 2.53. The highest BCUT2D eigenvalue weighted by Gasteiger charge is 2.17. The Morgan fingerprint density at radius 1 is 1.06 bits per heavy atom. The van der Waals surface area contributed by atoms with Crippen LogP contribution in [0.4, 0.5) is 0 Å². The first-order valence-corrected chi connectivity index (χ1v) is 6.78. The van der Waals surface area contributed by atoms with Crippen LogP contribution in [0.25, 0.3) is 0 Å². The van der Waals surface area contributed by atoms with E-state index >= 15 is 0 Å². The molecule has 0 radical (unpaired) electrons. The van der Waals surface area contributed by atoms with E-state index in [1.165, 1.54) is 12.8 Å². The molecule has 0 fully saturated rings. The van der Waals surface area contributed by atoms with Crippen molar-refractivity contribution in [3.05, 3.63) is 0 Å². The van der Waals surface area contributed by atoms with E-state index in [0.29, 0.717) is 11.8 Å². The molecule has 0 spiro atoms. The molecule has 0 unspecified atom stereocenters. The number of carbonyl (C=O) groups excluding carboxylic acids is 1. The molecule has 0 saturated heterocycles. The van der Waals surface area contributed by atoms with Crippen LogP contribution in [0.5, 0.6) is 0 Å². The molecule has 2 nitrogen and oxygen atoms in total. The molecule has 98 valence electrons. The Morgan fingerprint density at radius 2 is 1.62 bits per heavy atom. The van der Waals surface area contributed by atoms with E-state index in [1.54, 1.807) is 0 Å². The molecule has 0 aromatic heterocycles. The Balaban J connectivity index is 0. The van der Waals surface area contributed by atoms with Gasteiger partial charge in [0.15, 0.2) is 0 Å². The lowest BCUT2D eigenvalue weighted by atomic mass is 9.83. The molecule has 0 heterocycles. The highest BCUT2D eigenvalue weighted by atomic mass is 16.1. The first kappa shape index (κ1) is 17.9. The van der Waals surface area contributed by atoms with Crippen molar-refractivity contribution < 1.29 is 4.79 Å². The number of nitrogens with one attached hydrogen (secondary N) is 1. The fourth-order valence-corrected chi connectivity index (χ4v) is 1.61. The minimum Gasteiger partial charge on any atom is -0.356 e. The minimum absolute atomic E-state index is 0.205. The summed E-state index contributed by atoms with van der Waals surface area (Å²) in [7, 11) is 0. The maximum Gasteiger partial charge on any atom is 0.220 e. The fraction of sp³-hybridized carbons (Fsp3) is 0.929. The predicted octanol–water partition coefficient (Wildman–Crippen LogP) is 4.15. The quantitative estimate of drug-likeness (QED) is 0.698. The monoisotopic (exact) mass is 229 g/mol. The first-order valence-electron chi connectivity index (χ1n) is 6.78. The van der Waals surface area contributed by atoms with Crippen LogP contribution < -0.4 is 5.32 Å². The van der Waals surface area contributed by atoms with E-state index < -0.39 is 0 Å². The molecule has 16 heavy (non-hydrogen) atoms. The average Bonchev–Trinajstić information content (AvgIpc) is 2.26. The van der Waals surface area contributed by atoms with Gasteiger partial charge in [-0.05, 0) is 24.7 Å². The second kappa shape index (κ2) is 11.0. The molecule has 1 amide bonds. The van der Waals surface area contributed by atoms with Gasteiger partial charge < -0.3 is 5.32 Å². The number of hydrogen-bond acceptors (Lipinski definition) is 1.